The minimum Gasteiger partial charge on any atom is -0.475 e. The van der Waals surface area contributed by atoms with Gasteiger partial charge in [-0.2, -0.15) is 13.2 Å². The number of para-hydroxylation sites is 1. The van der Waals surface area contributed by atoms with Gasteiger partial charge in [-0.05, 0) is 55.7 Å². The van der Waals surface area contributed by atoms with Crippen molar-refractivity contribution in [2.75, 3.05) is 6.54 Å². The van der Waals surface area contributed by atoms with Crippen molar-refractivity contribution in [3.05, 3.63) is 77.0 Å². The molecule has 13 heteroatoms. The van der Waals surface area contributed by atoms with Crippen molar-refractivity contribution in [2.45, 2.75) is 26.4 Å². The summed E-state index contributed by atoms with van der Waals surface area (Å²) in [6, 6.07) is 16.3. The Morgan fingerprint density at radius 3 is 2.13 bits per heavy atom. The van der Waals surface area contributed by atoms with Gasteiger partial charge in [0, 0.05) is 23.2 Å². The number of alkyl halides is 3. The van der Waals surface area contributed by atoms with Gasteiger partial charge in [-0.1, -0.05) is 30.3 Å². The highest BCUT2D eigenvalue weighted by Gasteiger charge is 2.46. The maximum Gasteiger partial charge on any atom is 0.490 e. The molecule has 1 aliphatic heterocycles. The number of pyridine rings is 1. The van der Waals surface area contributed by atoms with Crippen LogP contribution >= 0.6 is 0 Å². The third-order valence-corrected chi connectivity index (χ3v) is 5.84. The van der Waals surface area contributed by atoms with E-state index in [1.807, 2.05) is 54.0 Å². The molecule has 2 heterocycles. The second kappa shape index (κ2) is 11.3. The SMILES string of the molecule is Cc1cc(Cc2ccc(C(=O)NCC3(C)C(=O)NC(=O)NC3=O)cc2)c2ccccc2n1.O=C(O)C(F)(F)F. The molecular formula is C26H23F3N4O6. The van der Waals surface area contributed by atoms with Crippen LogP contribution in [0.3, 0.4) is 0 Å². The molecule has 0 atom stereocenters. The number of benzene rings is 2. The molecule has 4 N–H and O–H groups in total. The maximum atomic E-state index is 12.5. The number of nitrogens with one attached hydrogen (secondary N) is 3. The van der Waals surface area contributed by atoms with Crippen LogP contribution in [0.5, 0.6) is 0 Å². The highest BCUT2D eigenvalue weighted by atomic mass is 19.4. The molecule has 0 spiro atoms. The summed E-state index contributed by atoms with van der Waals surface area (Å²) in [5, 5.41) is 14.9. The standard InChI is InChI=1S/C24H22N4O4.C2HF3O2/c1-14-11-17(18-5-3-4-6-19(18)26-14)12-15-7-9-16(10-8-15)20(29)25-13-24(2)21(30)27-23(32)28-22(24)31;3-2(4,5)1(6)7/h3-11H,12-13H2,1-2H3,(H,25,29)(H2,27,28,30,31,32);(H,6,7). The Labute approximate surface area is 219 Å². The molecule has 0 aliphatic carbocycles. The lowest BCUT2D eigenvalue weighted by Crippen LogP contribution is -2.64. The van der Waals surface area contributed by atoms with Crippen LogP contribution in [-0.2, 0) is 20.8 Å². The number of amides is 5. The van der Waals surface area contributed by atoms with E-state index in [1.165, 1.54) is 6.92 Å². The van der Waals surface area contributed by atoms with E-state index >= 15 is 0 Å². The molecule has 0 unspecified atom stereocenters. The van der Waals surface area contributed by atoms with E-state index in [-0.39, 0.29) is 6.54 Å². The van der Waals surface area contributed by atoms with Crippen molar-refractivity contribution < 1.29 is 42.3 Å². The van der Waals surface area contributed by atoms with Crippen LogP contribution in [0.1, 0.15) is 34.1 Å². The molecule has 2 aromatic carbocycles. The van der Waals surface area contributed by atoms with Crippen LogP contribution < -0.4 is 16.0 Å². The Balaban J connectivity index is 0.000000532. The van der Waals surface area contributed by atoms with Crippen molar-refractivity contribution in [3.8, 4) is 0 Å². The first kappa shape index (κ1) is 28.8. The second-order valence-corrected chi connectivity index (χ2v) is 8.87. The van der Waals surface area contributed by atoms with Crippen molar-refractivity contribution >= 4 is 40.6 Å². The summed E-state index contributed by atoms with van der Waals surface area (Å²) in [6.45, 7) is 3.10. The van der Waals surface area contributed by atoms with E-state index in [0.29, 0.717) is 12.0 Å². The first-order chi connectivity index (χ1) is 18.2. The fraction of sp³-hybridized carbons (Fsp3) is 0.231. The normalized spacial score (nSPS) is 14.5. The average Bonchev–Trinajstić information content (AvgIpc) is 2.86. The van der Waals surface area contributed by atoms with E-state index in [0.717, 1.165) is 27.7 Å². The van der Waals surface area contributed by atoms with E-state index in [4.69, 9.17) is 9.90 Å². The first-order valence-electron chi connectivity index (χ1n) is 11.4. The molecule has 1 saturated heterocycles. The van der Waals surface area contributed by atoms with Crippen LogP contribution in [0.2, 0.25) is 0 Å². The number of carboxylic acids is 1. The highest BCUT2D eigenvalue weighted by molar-refractivity contribution is 6.19. The van der Waals surface area contributed by atoms with Gasteiger partial charge >= 0.3 is 18.2 Å². The maximum absolute atomic E-state index is 12.5. The number of hydrogen-bond donors (Lipinski definition) is 4. The number of barbiturate groups is 1. The number of aromatic nitrogens is 1. The minimum atomic E-state index is -5.08. The monoisotopic (exact) mass is 544 g/mol. The zero-order valence-corrected chi connectivity index (χ0v) is 20.7. The fourth-order valence-corrected chi connectivity index (χ4v) is 3.67. The van der Waals surface area contributed by atoms with Crippen LogP contribution in [0.15, 0.2) is 54.6 Å². The van der Waals surface area contributed by atoms with Crippen LogP contribution in [-0.4, -0.2) is 52.5 Å². The van der Waals surface area contributed by atoms with Gasteiger partial charge in [-0.3, -0.25) is 30.0 Å². The number of fused-ring (bicyclic) bond motifs is 1. The molecule has 1 aliphatic rings. The topological polar surface area (TPSA) is 155 Å². The first-order valence-corrected chi connectivity index (χ1v) is 11.4. The second-order valence-electron chi connectivity index (χ2n) is 8.87. The Morgan fingerprint density at radius 1 is 1.00 bits per heavy atom. The van der Waals surface area contributed by atoms with Crippen molar-refractivity contribution in [1.29, 1.82) is 0 Å². The molecule has 1 fully saturated rings. The number of aryl methyl sites for hydroxylation is 1. The number of carboxylic acid groups (broad SMARTS) is 1. The Bertz CT molecular complexity index is 1430. The number of imide groups is 2. The van der Waals surface area contributed by atoms with Crippen molar-refractivity contribution in [2.24, 2.45) is 5.41 Å². The van der Waals surface area contributed by atoms with Crippen molar-refractivity contribution in [1.82, 2.24) is 20.9 Å². The number of hydrogen-bond acceptors (Lipinski definition) is 6. The summed E-state index contributed by atoms with van der Waals surface area (Å²) >= 11 is 0. The fourth-order valence-electron chi connectivity index (χ4n) is 3.67. The third kappa shape index (κ3) is 6.94. The molecule has 0 bridgehead atoms. The quantitative estimate of drug-likeness (QED) is 0.360. The summed E-state index contributed by atoms with van der Waals surface area (Å²) in [6.07, 6.45) is -4.39. The number of aliphatic carboxylic acids is 1. The van der Waals surface area contributed by atoms with Gasteiger partial charge in [0.1, 0.15) is 5.41 Å². The lowest BCUT2D eigenvalue weighted by atomic mass is 9.86. The number of carbonyl (C=O) groups is 5. The largest absolute Gasteiger partial charge is 0.490 e. The molecule has 1 aromatic heterocycles. The van der Waals surface area contributed by atoms with E-state index < -0.39 is 41.3 Å². The van der Waals surface area contributed by atoms with Gasteiger partial charge in [-0.15, -0.1) is 0 Å². The smallest absolute Gasteiger partial charge is 0.475 e. The van der Waals surface area contributed by atoms with Crippen LogP contribution in [0.4, 0.5) is 18.0 Å². The van der Waals surface area contributed by atoms with Gasteiger partial charge in [0.25, 0.3) is 5.91 Å². The van der Waals surface area contributed by atoms with Gasteiger partial charge < -0.3 is 10.4 Å². The van der Waals surface area contributed by atoms with E-state index in [2.05, 4.69) is 16.4 Å². The van der Waals surface area contributed by atoms with Crippen LogP contribution in [0, 0.1) is 12.3 Å². The molecule has 4 rings (SSSR count). The van der Waals surface area contributed by atoms with Gasteiger partial charge in [0.2, 0.25) is 11.8 Å². The number of urea groups is 1. The number of nitrogens with zero attached hydrogens (tertiary/aromatic N) is 1. The zero-order valence-electron chi connectivity index (χ0n) is 20.7. The van der Waals surface area contributed by atoms with Gasteiger partial charge in [-0.25, -0.2) is 9.59 Å². The summed E-state index contributed by atoms with van der Waals surface area (Å²) in [4.78, 5) is 61.4. The number of rotatable bonds is 5. The minimum absolute atomic E-state index is 0.235. The Morgan fingerprint density at radius 2 is 1.56 bits per heavy atom. The molecule has 0 radical (unpaired) electrons. The van der Waals surface area contributed by atoms with Crippen molar-refractivity contribution in [3.63, 3.8) is 0 Å². The molecule has 39 heavy (non-hydrogen) atoms. The van der Waals surface area contributed by atoms with Gasteiger partial charge in [0.15, 0.2) is 0 Å². The summed E-state index contributed by atoms with van der Waals surface area (Å²) in [5.74, 6) is -4.67. The lowest BCUT2D eigenvalue weighted by molar-refractivity contribution is -0.192. The molecule has 0 saturated carbocycles. The van der Waals surface area contributed by atoms with E-state index in [1.54, 1.807) is 12.1 Å². The molecule has 10 nitrogen and oxygen atoms in total. The summed E-state index contributed by atoms with van der Waals surface area (Å²) < 4.78 is 31.7. The van der Waals surface area contributed by atoms with E-state index in [9.17, 15) is 32.3 Å². The third-order valence-electron chi connectivity index (χ3n) is 5.84. The zero-order chi connectivity index (χ0) is 29.0. The number of carbonyl (C=O) groups excluding carboxylic acids is 4. The van der Waals surface area contributed by atoms with Gasteiger partial charge in [0.05, 0.1) is 5.52 Å². The summed E-state index contributed by atoms with van der Waals surface area (Å²) in [7, 11) is 0. The van der Waals surface area contributed by atoms with Crippen LogP contribution in [0.25, 0.3) is 10.9 Å². The molecule has 204 valence electrons. The predicted octanol–water partition coefficient (Wildman–Crippen LogP) is 2.87. The Kier molecular flexibility index (Phi) is 8.33. The summed E-state index contributed by atoms with van der Waals surface area (Å²) in [5.41, 5.74) is 2.92. The average molecular weight is 544 g/mol. The highest BCUT2D eigenvalue weighted by Crippen LogP contribution is 2.22. The lowest BCUT2D eigenvalue weighted by Gasteiger charge is -2.30. The molecular weight excluding hydrogens is 521 g/mol. The predicted molar refractivity (Wildman–Crippen MR) is 132 cm³/mol. The molecule has 5 amide bonds. The molecule has 3 aromatic rings. The Hall–Kier alpha value is -4.81. The number of halogens is 3.